The zero-order valence-corrected chi connectivity index (χ0v) is 8.27. The van der Waals surface area contributed by atoms with Gasteiger partial charge in [0, 0.05) is 6.42 Å². The van der Waals surface area contributed by atoms with Crippen molar-refractivity contribution in [3.8, 4) is 0 Å². The highest BCUT2D eigenvalue weighted by atomic mass is 35.5. The molecule has 1 aromatic rings. The summed E-state index contributed by atoms with van der Waals surface area (Å²) in [5, 5.41) is 1.04. The number of carbonyl (C=O) groups excluding carboxylic acids is 1. The lowest BCUT2D eigenvalue weighted by Crippen LogP contribution is -1.74. The van der Waals surface area contributed by atoms with E-state index >= 15 is 0 Å². The highest BCUT2D eigenvalue weighted by molar-refractivity contribution is 6.42. The van der Waals surface area contributed by atoms with Crippen LogP contribution in [-0.2, 0) is 4.79 Å². The molecule has 0 saturated carbocycles. The summed E-state index contributed by atoms with van der Waals surface area (Å²) in [7, 11) is 0. The third kappa shape index (κ3) is 3.21. The van der Waals surface area contributed by atoms with Crippen LogP contribution in [0.2, 0.25) is 10.0 Å². The van der Waals surface area contributed by atoms with Crippen molar-refractivity contribution in [1.29, 1.82) is 0 Å². The highest BCUT2D eigenvalue weighted by Crippen LogP contribution is 2.23. The molecule has 0 aromatic heterocycles. The molecule has 0 saturated heterocycles. The molecule has 0 amide bonds. The Kier molecular flexibility index (Phi) is 4.00. The lowest BCUT2D eigenvalue weighted by atomic mass is 10.2. The van der Waals surface area contributed by atoms with E-state index in [1.807, 2.05) is 6.07 Å². The zero-order chi connectivity index (χ0) is 9.68. The Morgan fingerprint density at radius 1 is 1.31 bits per heavy atom. The maximum atomic E-state index is 9.89. The molecule has 0 heterocycles. The van der Waals surface area contributed by atoms with Crippen LogP contribution in [-0.4, -0.2) is 6.29 Å². The van der Waals surface area contributed by atoms with Crippen molar-refractivity contribution in [2.24, 2.45) is 0 Å². The van der Waals surface area contributed by atoms with Gasteiger partial charge in [0.2, 0.25) is 6.29 Å². The van der Waals surface area contributed by atoms with Crippen molar-refractivity contribution < 1.29 is 4.79 Å². The van der Waals surface area contributed by atoms with Gasteiger partial charge in [0.05, 0.1) is 10.0 Å². The van der Waals surface area contributed by atoms with Crippen molar-refractivity contribution >= 4 is 35.6 Å². The van der Waals surface area contributed by atoms with E-state index in [9.17, 15) is 4.79 Å². The van der Waals surface area contributed by atoms with Crippen LogP contribution in [0.3, 0.4) is 0 Å². The molecule has 0 bridgehead atoms. The number of benzene rings is 1. The molecule has 0 N–H and O–H groups in total. The fourth-order valence-electron chi connectivity index (χ4n) is 0.859. The van der Waals surface area contributed by atoms with E-state index in [1.54, 1.807) is 30.6 Å². The molecule has 0 spiro atoms. The maximum Gasteiger partial charge on any atom is 0.202 e. The van der Waals surface area contributed by atoms with E-state index in [-0.39, 0.29) is 0 Å². The minimum Gasteiger partial charge on any atom is -0.291 e. The standard InChI is InChI=1S/C10H7Cl2O/c11-9-5-4-8(7-10(9)12)3-1-2-6-13/h1,3-5,7H,2H2. The Bertz CT molecular complexity index is 332. The van der Waals surface area contributed by atoms with Crippen LogP contribution in [0.4, 0.5) is 0 Å². The first-order valence-electron chi connectivity index (χ1n) is 3.70. The quantitative estimate of drug-likeness (QED) is 0.752. The minimum atomic E-state index is 0.292. The molecule has 0 aliphatic carbocycles. The van der Waals surface area contributed by atoms with E-state index in [0.717, 1.165) is 5.56 Å². The molecular weight excluding hydrogens is 207 g/mol. The van der Waals surface area contributed by atoms with Gasteiger partial charge >= 0.3 is 0 Å². The smallest absolute Gasteiger partial charge is 0.202 e. The van der Waals surface area contributed by atoms with Gasteiger partial charge in [-0.3, -0.25) is 4.79 Å². The van der Waals surface area contributed by atoms with Crippen molar-refractivity contribution in [3.05, 3.63) is 39.9 Å². The predicted octanol–water partition coefficient (Wildman–Crippen LogP) is 3.51. The fourth-order valence-corrected chi connectivity index (χ4v) is 1.17. The summed E-state index contributed by atoms with van der Waals surface area (Å²) >= 11 is 11.5. The normalized spacial score (nSPS) is 10.6. The van der Waals surface area contributed by atoms with E-state index in [1.165, 1.54) is 0 Å². The average molecular weight is 214 g/mol. The molecule has 1 rings (SSSR count). The van der Waals surface area contributed by atoms with Gasteiger partial charge in [-0.05, 0) is 17.7 Å². The molecule has 1 nitrogen and oxygen atoms in total. The summed E-state index contributed by atoms with van der Waals surface area (Å²) < 4.78 is 0. The molecule has 1 radical (unpaired) electrons. The van der Waals surface area contributed by atoms with Crippen LogP contribution in [0.25, 0.3) is 6.08 Å². The Labute approximate surface area is 87.0 Å². The molecule has 0 aliphatic rings. The number of hydrogen-bond acceptors (Lipinski definition) is 1. The Morgan fingerprint density at radius 3 is 2.69 bits per heavy atom. The largest absolute Gasteiger partial charge is 0.291 e. The fraction of sp³-hybridized carbons (Fsp3) is 0.100. The number of rotatable bonds is 3. The number of halogens is 2. The molecule has 13 heavy (non-hydrogen) atoms. The van der Waals surface area contributed by atoms with Gasteiger partial charge in [-0.1, -0.05) is 41.4 Å². The van der Waals surface area contributed by atoms with E-state index in [0.29, 0.717) is 16.5 Å². The lowest BCUT2D eigenvalue weighted by molar-refractivity contribution is 0.556. The van der Waals surface area contributed by atoms with Crippen LogP contribution in [0, 0.1) is 0 Å². The lowest BCUT2D eigenvalue weighted by Gasteiger charge is -1.96. The van der Waals surface area contributed by atoms with Crippen LogP contribution >= 0.6 is 23.2 Å². The molecule has 0 fully saturated rings. The monoisotopic (exact) mass is 213 g/mol. The molecule has 0 unspecified atom stereocenters. The van der Waals surface area contributed by atoms with Crippen LogP contribution in [0.1, 0.15) is 12.0 Å². The first-order valence-corrected chi connectivity index (χ1v) is 4.46. The Morgan fingerprint density at radius 2 is 2.08 bits per heavy atom. The summed E-state index contributed by atoms with van der Waals surface area (Å²) in [6.07, 6.45) is 5.57. The van der Waals surface area contributed by atoms with Gasteiger partial charge in [0.15, 0.2) is 0 Å². The van der Waals surface area contributed by atoms with Crippen molar-refractivity contribution in [1.82, 2.24) is 0 Å². The SMILES string of the molecule is O=[C]CC=Cc1ccc(Cl)c(Cl)c1. The van der Waals surface area contributed by atoms with Crippen LogP contribution < -0.4 is 0 Å². The van der Waals surface area contributed by atoms with Crippen molar-refractivity contribution in [3.63, 3.8) is 0 Å². The highest BCUT2D eigenvalue weighted by Gasteiger charge is 1.95. The molecule has 3 heteroatoms. The summed E-state index contributed by atoms with van der Waals surface area (Å²) in [5.41, 5.74) is 0.921. The summed E-state index contributed by atoms with van der Waals surface area (Å²) in [6.45, 7) is 0. The summed E-state index contributed by atoms with van der Waals surface area (Å²) in [5.74, 6) is 0. The third-order valence-electron chi connectivity index (χ3n) is 1.46. The molecule has 0 atom stereocenters. The van der Waals surface area contributed by atoms with Gasteiger partial charge < -0.3 is 0 Å². The average Bonchev–Trinajstić information content (AvgIpc) is 2.12. The van der Waals surface area contributed by atoms with Gasteiger partial charge in [0.1, 0.15) is 0 Å². The van der Waals surface area contributed by atoms with Gasteiger partial charge in [-0.2, -0.15) is 0 Å². The van der Waals surface area contributed by atoms with E-state index in [4.69, 9.17) is 23.2 Å². The van der Waals surface area contributed by atoms with E-state index in [2.05, 4.69) is 0 Å². The first-order chi connectivity index (χ1) is 6.24. The Hall–Kier alpha value is -0.790. The van der Waals surface area contributed by atoms with Gasteiger partial charge in [0.25, 0.3) is 0 Å². The van der Waals surface area contributed by atoms with Crippen LogP contribution in [0.5, 0.6) is 0 Å². The third-order valence-corrected chi connectivity index (χ3v) is 2.19. The Balaban J connectivity index is 2.79. The molecule has 1 aromatic carbocycles. The first kappa shape index (κ1) is 10.3. The molecule has 0 aliphatic heterocycles. The van der Waals surface area contributed by atoms with Crippen molar-refractivity contribution in [2.75, 3.05) is 0 Å². The second kappa shape index (κ2) is 5.05. The molecule has 67 valence electrons. The van der Waals surface area contributed by atoms with Crippen molar-refractivity contribution in [2.45, 2.75) is 6.42 Å². The topological polar surface area (TPSA) is 17.1 Å². The van der Waals surface area contributed by atoms with E-state index < -0.39 is 0 Å². The maximum absolute atomic E-state index is 9.89. The minimum absolute atomic E-state index is 0.292. The number of hydrogen-bond donors (Lipinski definition) is 0. The zero-order valence-electron chi connectivity index (χ0n) is 6.76. The van der Waals surface area contributed by atoms with Crippen LogP contribution in [0.15, 0.2) is 24.3 Å². The second-order valence-electron chi connectivity index (χ2n) is 2.42. The summed E-state index contributed by atoms with van der Waals surface area (Å²) in [4.78, 5) is 9.89. The number of allylic oxidation sites excluding steroid dienone is 1. The van der Waals surface area contributed by atoms with Gasteiger partial charge in [-0.25, -0.2) is 0 Å². The molecular formula is C10H7Cl2O. The summed E-state index contributed by atoms with van der Waals surface area (Å²) in [6, 6.07) is 5.29. The predicted molar refractivity (Wildman–Crippen MR) is 55.8 cm³/mol. The van der Waals surface area contributed by atoms with Gasteiger partial charge in [-0.15, -0.1) is 0 Å². The second-order valence-corrected chi connectivity index (χ2v) is 3.24.